The van der Waals surface area contributed by atoms with Gasteiger partial charge in [0.05, 0.1) is 0 Å². The van der Waals surface area contributed by atoms with E-state index in [-0.39, 0.29) is 0 Å². The first-order valence-electron chi connectivity index (χ1n) is 9.73. The van der Waals surface area contributed by atoms with Crippen LogP contribution in [0, 0.1) is 40.9 Å². The van der Waals surface area contributed by atoms with Crippen LogP contribution in [0.5, 0.6) is 0 Å². The van der Waals surface area contributed by atoms with Crippen molar-refractivity contribution in [3.63, 3.8) is 0 Å². The second kappa shape index (κ2) is 5.21. The Balaban J connectivity index is 1.60. The van der Waals surface area contributed by atoms with E-state index in [1.165, 1.54) is 44.9 Å². The van der Waals surface area contributed by atoms with E-state index in [9.17, 15) is 4.79 Å². The quantitative estimate of drug-likeness (QED) is 0.547. The molecule has 0 amide bonds. The van der Waals surface area contributed by atoms with Gasteiger partial charge in [0, 0.05) is 12.3 Å². The molecule has 0 saturated heterocycles. The first kappa shape index (κ1) is 15.0. The zero-order valence-electron chi connectivity index (χ0n) is 14.6. The molecule has 4 fully saturated rings. The molecule has 4 aliphatic carbocycles. The summed E-state index contributed by atoms with van der Waals surface area (Å²) in [5.74, 6) is 5.32. The molecule has 0 aliphatic heterocycles. The third kappa shape index (κ3) is 2.00. The molecule has 7 unspecified atom stereocenters. The second-order valence-electron chi connectivity index (χ2n) is 9.05. The lowest BCUT2D eigenvalue weighted by Gasteiger charge is -2.55. The maximum absolute atomic E-state index is 12.1. The normalized spacial score (nSPS) is 53.0. The SMILES string of the molecule is C/C=C1/CCC2C3CCC4CC(=O)C(C)CC4C3CCC12C. The summed E-state index contributed by atoms with van der Waals surface area (Å²) < 4.78 is 0. The summed E-state index contributed by atoms with van der Waals surface area (Å²) >= 11 is 0. The smallest absolute Gasteiger partial charge is 0.135 e. The molecule has 0 aromatic carbocycles. The summed E-state index contributed by atoms with van der Waals surface area (Å²) in [4.78, 5) is 12.1. The summed E-state index contributed by atoms with van der Waals surface area (Å²) in [6, 6.07) is 0. The molecule has 0 N–H and O–H groups in total. The van der Waals surface area contributed by atoms with Gasteiger partial charge in [-0.1, -0.05) is 25.5 Å². The number of Topliss-reactive ketones (excluding diaryl/α,β-unsaturated/α-hetero) is 1. The van der Waals surface area contributed by atoms with Gasteiger partial charge in [-0.25, -0.2) is 0 Å². The van der Waals surface area contributed by atoms with E-state index in [0.717, 1.165) is 36.0 Å². The predicted octanol–water partition coefficient (Wildman–Crippen LogP) is 5.40. The number of carbonyl (C=O) groups is 1. The van der Waals surface area contributed by atoms with Crippen LogP contribution in [0.3, 0.4) is 0 Å². The number of allylic oxidation sites excluding steroid dienone is 2. The molecule has 1 nitrogen and oxygen atoms in total. The fourth-order valence-electron chi connectivity index (χ4n) is 7.18. The first-order chi connectivity index (χ1) is 10.5. The minimum atomic E-state index is 0.336. The summed E-state index contributed by atoms with van der Waals surface area (Å²) in [6.45, 7) is 7.00. The standard InChI is InChI=1S/C21H32O/c1-4-15-6-8-19-17-7-5-14-12-20(22)13(2)11-18(14)16(17)9-10-21(15,19)3/h4,13-14,16-19H,5-12H2,1-3H3/b15-4-. The van der Waals surface area contributed by atoms with Gasteiger partial charge in [-0.05, 0) is 86.9 Å². The van der Waals surface area contributed by atoms with Crippen LogP contribution in [0.4, 0.5) is 0 Å². The zero-order valence-corrected chi connectivity index (χ0v) is 14.6. The van der Waals surface area contributed by atoms with E-state index >= 15 is 0 Å². The Morgan fingerprint density at radius 3 is 2.68 bits per heavy atom. The van der Waals surface area contributed by atoms with Crippen molar-refractivity contribution in [1.29, 1.82) is 0 Å². The second-order valence-corrected chi connectivity index (χ2v) is 9.05. The molecule has 0 radical (unpaired) electrons. The maximum atomic E-state index is 12.1. The fourth-order valence-corrected chi connectivity index (χ4v) is 7.18. The van der Waals surface area contributed by atoms with Crippen LogP contribution < -0.4 is 0 Å². The Bertz CT molecular complexity index is 504. The van der Waals surface area contributed by atoms with Gasteiger partial charge in [0.15, 0.2) is 0 Å². The van der Waals surface area contributed by atoms with Gasteiger partial charge in [-0.15, -0.1) is 0 Å². The van der Waals surface area contributed by atoms with Crippen molar-refractivity contribution in [2.45, 2.75) is 72.1 Å². The highest BCUT2D eigenvalue weighted by Crippen LogP contribution is 2.64. The van der Waals surface area contributed by atoms with E-state index in [1.807, 2.05) is 0 Å². The third-order valence-electron chi connectivity index (χ3n) is 8.35. The van der Waals surface area contributed by atoms with Crippen LogP contribution in [-0.2, 0) is 4.79 Å². The number of fused-ring (bicyclic) bond motifs is 5. The van der Waals surface area contributed by atoms with Gasteiger partial charge in [0.2, 0.25) is 0 Å². The predicted molar refractivity (Wildman–Crippen MR) is 90.4 cm³/mol. The average molecular weight is 300 g/mol. The summed E-state index contributed by atoms with van der Waals surface area (Å²) in [5, 5.41) is 0. The van der Waals surface area contributed by atoms with Gasteiger partial charge < -0.3 is 0 Å². The third-order valence-corrected chi connectivity index (χ3v) is 8.35. The number of hydrogen-bond acceptors (Lipinski definition) is 1. The number of carbonyl (C=O) groups excluding carboxylic acids is 1. The monoisotopic (exact) mass is 300 g/mol. The molecular formula is C21H32O. The molecule has 0 spiro atoms. The Kier molecular flexibility index (Phi) is 3.55. The molecule has 7 atom stereocenters. The van der Waals surface area contributed by atoms with E-state index in [4.69, 9.17) is 0 Å². The highest BCUT2D eigenvalue weighted by Gasteiger charge is 2.55. The molecule has 4 aliphatic rings. The van der Waals surface area contributed by atoms with Crippen LogP contribution in [0.15, 0.2) is 11.6 Å². The van der Waals surface area contributed by atoms with Crippen LogP contribution >= 0.6 is 0 Å². The lowest BCUT2D eigenvalue weighted by molar-refractivity contribution is -0.131. The molecule has 0 aromatic heterocycles. The largest absolute Gasteiger partial charge is 0.299 e. The van der Waals surface area contributed by atoms with Crippen molar-refractivity contribution in [3.8, 4) is 0 Å². The van der Waals surface area contributed by atoms with Crippen molar-refractivity contribution in [2.75, 3.05) is 0 Å². The lowest BCUT2D eigenvalue weighted by Crippen LogP contribution is -2.48. The van der Waals surface area contributed by atoms with E-state index < -0.39 is 0 Å². The van der Waals surface area contributed by atoms with Crippen LogP contribution in [0.2, 0.25) is 0 Å². The maximum Gasteiger partial charge on any atom is 0.135 e. The fraction of sp³-hybridized carbons (Fsp3) is 0.857. The molecule has 4 saturated carbocycles. The molecule has 0 bridgehead atoms. The van der Waals surface area contributed by atoms with E-state index in [1.54, 1.807) is 5.57 Å². The number of ketones is 1. The minimum Gasteiger partial charge on any atom is -0.299 e. The molecule has 0 heterocycles. The van der Waals surface area contributed by atoms with Crippen molar-refractivity contribution in [3.05, 3.63) is 11.6 Å². The van der Waals surface area contributed by atoms with E-state index in [0.29, 0.717) is 17.1 Å². The number of hydrogen-bond donors (Lipinski definition) is 0. The molecule has 1 heteroatoms. The molecule has 0 aromatic rings. The molecule has 122 valence electrons. The zero-order chi connectivity index (χ0) is 15.5. The van der Waals surface area contributed by atoms with Crippen LogP contribution in [0.25, 0.3) is 0 Å². The Morgan fingerprint density at radius 1 is 1.09 bits per heavy atom. The van der Waals surface area contributed by atoms with Crippen LogP contribution in [-0.4, -0.2) is 5.78 Å². The van der Waals surface area contributed by atoms with Gasteiger partial charge >= 0.3 is 0 Å². The summed E-state index contributed by atoms with van der Waals surface area (Å²) in [5.41, 5.74) is 2.27. The van der Waals surface area contributed by atoms with Crippen molar-refractivity contribution in [2.24, 2.45) is 40.9 Å². The first-order valence-corrected chi connectivity index (χ1v) is 9.73. The van der Waals surface area contributed by atoms with Gasteiger partial charge in [-0.2, -0.15) is 0 Å². The Labute approximate surface area is 135 Å². The van der Waals surface area contributed by atoms with Gasteiger partial charge in [-0.3, -0.25) is 4.79 Å². The van der Waals surface area contributed by atoms with Gasteiger partial charge in [0.25, 0.3) is 0 Å². The number of rotatable bonds is 0. The van der Waals surface area contributed by atoms with Gasteiger partial charge in [0.1, 0.15) is 5.78 Å². The summed E-state index contributed by atoms with van der Waals surface area (Å²) in [7, 11) is 0. The molecular weight excluding hydrogens is 268 g/mol. The molecule has 4 rings (SSSR count). The molecule has 22 heavy (non-hydrogen) atoms. The average Bonchev–Trinajstić information content (AvgIpc) is 2.85. The highest BCUT2D eigenvalue weighted by atomic mass is 16.1. The Morgan fingerprint density at radius 2 is 1.91 bits per heavy atom. The van der Waals surface area contributed by atoms with Crippen molar-refractivity contribution < 1.29 is 4.79 Å². The topological polar surface area (TPSA) is 17.1 Å². The van der Waals surface area contributed by atoms with Crippen molar-refractivity contribution in [1.82, 2.24) is 0 Å². The lowest BCUT2D eigenvalue weighted by atomic mass is 9.49. The minimum absolute atomic E-state index is 0.336. The highest BCUT2D eigenvalue weighted by molar-refractivity contribution is 5.81. The van der Waals surface area contributed by atoms with Crippen LogP contribution in [0.1, 0.15) is 72.1 Å². The van der Waals surface area contributed by atoms with Crippen molar-refractivity contribution >= 4 is 5.78 Å². The summed E-state index contributed by atoms with van der Waals surface area (Å²) in [6.07, 6.45) is 12.9. The Hall–Kier alpha value is -0.590. The van der Waals surface area contributed by atoms with E-state index in [2.05, 4.69) is 26.8 Å².